The molecule has 0 radical (unpaired) electrons. The van der Waals surface area contributed by atoms with Crippen LogP contribution in [0.25, 0.3) is 0 Å². The van der Waals surface area contributed by atoms with Gasteiger partial charge in [0, 0.05) is 20.3 Å². The van der Waals surface area contributed by atoms with E-state index in [2.05, 4.69) is 10.4 Å². The summed E-state index contributed by atoms with van der Waals surface area (Å²) in [5.74, 6) is 0.113. The molecule has 0 saturated heterocycles. The van der Waals surface area contributed by atoms with Gasteiger partial charge in [0.1, 0.15) is 11.2 Å². The van der Waals surface area contributed by atoms with Crippen molar-refractivity contribution in [3.05, 3.63) is 23.9 Å². The summed E-state index contributed by atoms with van der Waals surface area (Å²) in [5, 5.41) is 1.72. The number of anilines is 1. The van der Waals surface area contributed by atoms with E-state index in [1.165, 1.54) is 0 Å². The monoisotopic (exact) mass is 237 g/mol. The lowest BCUT2D eigenvalue weighted by atomic mass is 10.2. The van der Waals surface area contributed by atoms with E-state index in [-0.39, 0.29) is 5.97 Å². The molecule has 1 aromatic rings. The molecule has 0 spiro atoms. The maximum atomic E-state index is 11.9. The molecule has 0 aromatic carbocycles. The minimum atomic E-state index is -0.512. The highest BCUT2D eigenvalue weighted by atomic mass is 16.6. The van der Waals surface area contributed by atoms with Crippen LogP contribution in [0, 0.1) is 0 Å². The van der Waals surface area contributed by atoms with Crippen molar-refractivity contribution >= 4 is 11.8 Å². The first-order valence-electron chi connectivity index (χ1n) is 5.42. The highest BCUT2D eigenvalue weighted by Gasteiger charge is 2.20. The third-order valence-electron chi connectivity index (χ3n) is 1.76. The molecule has 0 bridgehead atoms. The van der Waals surface area contributed by atoms with E-state index in [0.717, 1.165) is 0 Å². The first-order chi connectivity index (χ1) is 7.79. The fraction of sp³-hybridized carbons (Fsp3) is 0.500. The number of hydrazine groups is 1. The van der Waals surface area contributed by atoms with Crippen molar-refractivity contribution in [3.63, 3.8) is 0 Å². The van der Waals surface area contributed by atoms with Crippen LogP contribution >= 0.6 is 0 Å². The van der Waals surface area contributed by atoms with Gasteiger partial charge in [0.2, 0.25) is 0 Å². The first kappa shape index (κ1) is 13.4. The number of carbonyl (C=O) groups is 1. The summed E-state index contributed by atoms with van der Waals surface area (Å²) >= 11 is 0. The van der Waals surface area contributed by atoms with Crippen LogP contribution in [0.5, 0.6) is 0 Å². The number of aromatic nitrogens is 1. The summed E-state index contributed by atoms with van der Waals surface area (Å²) < 4.78 is 5.31. The number of ether oxygens (including phenoxy) is 1. The van der Waals surface area contributed by atoms with Gasteiger partial charge in [-0.2, -0.15) is 0 Å². The average molecular weight is 237 g/mol. The molecule has 17 heavy (non-hydrogen) atoms. The Morgan fingerprint density at radius 2 is 2.06 bits per heavy atom. The molecule has 0 aliphatic heterocycles. The standard InChI is InChI=1S/C12H19N3O2/c1-12(2,3)17-11(16)9-7-6-8-13-10(9)14-15(4)5/h6-8H,1-5H3,(H,13,14). The molecule has 0 saturated carbocycles. The normalized spacial score (nSPS) is 11.4. The molecule has 1 rings (SSSR count). The Morgan fingerprint density at radius 3 is 2.59 bits per heavy atom. The smallest absolute Gasteiger partial charge is 0.342 e. The largest absolute Gasteiger partial charge is 0.456 e. The van der Waals surface area contributed by atoms with Crippen molar-refractivity contribution in [1.29, 1.82) is 0 Å². The van der Waals surface area contributed by atoms with Gasteiger partial charge < -0.3 is 10.2 Å². The number of hydrogen-bond acceptors (Lipinski definition) is 5. The van der Waals surface area contributed by atoms with Gasteiger partial charge in [-0.3, -0.25) is 0 Å². The van der Waals surface area contributed by atoms with E-state index in [1.54, 1.807) is 23.3 Å². The summed E-state index contributed by atoms with van der Waals surface area (Å²) in [5.41, 5.74) is 2.88. The molecule has 0 fully saturated rings. The molecule has 5 nitrogen and oxygen atoms in total. The molecule has 1 aromatic heterocycles. The van der Waals surface area contributed by atoms with Crippen molar-refractivity contribution in [2.75, 3.05) is 19.5 Å². The molecule has 0 aliphatic carbocycles. The number of esters is 1. The SMILES string of the molecule is CN(C)Nc1ncccc1C(=O)OC(C)(C)C. The van der Waals surface area contributed by atoms with E-state index in [9.17, 15) is 4.79 Å². The predicted molar refractivity (Wildman–Crippen MR) is 66.7 cm³/mol. The van der Waals surface area contributed by atoms with Crippen LogP contribution < -0.4 is 5.43 Å². The zero-order valence-corrected chi connectivity index (χ0v) is 10.9. The lowest BCUT2D eigenvalue weighted by Crippen LogP contribution is -2.26. The van der Waals surface area contributed by atoms with Gasteiger partial charge in [0.15, 0.2) is 5.82 Å². The molecule has 1 N–H and O–H groups in total. The van der Waals surface area contributed by atoms with Crippen molar-refractivity contribution in [3.8, 4) is 0 Å². The minimum absolute atomic E-state index is 0.380. The fourth-order valence-electron chi connectivity index (χ4n) is 1.20. The first-order valence-corrected chi connectivity index (χ1v) is 5.42. The third kappa shape index (κ3) is 4.40. The zero-order chi connectivity index (χ0) is 13.1. The van der Waals surface area contributed by atoms with Crippen LogP contribution in [-0.4, -0.2) is 35.7 Å². The Balaban J connectivity index is 2.93. The van der Waals surface area contributed by atoms with Crippen molar-refractivity contribution < 1.29 is 9.53 Å². The van der Waals surface area contributed by atoms with Gasteiger partial charge in [-0.1, -0.05) is 0 Å². The number of hydrogen-bond donors (Lipinski definition) is 1. The van der Waals surface area contributed by atoms with Gasteiger partial charge in [0.25, 0.3) is 0 Å². The van der Waals surface area contributed by atoms with Crippen LogP contribution in [0.2, 0.25) is 0 Å². The Hall–Kier alpha value is -1.62. The number of pyridine rings is 1. The summed E-state index contributed by atoms with van der Waals surface area (Å²) in [6.07, 6.45) is 1.62. The van der Waals surface area contributed by atoms with Gasteiger partial charge in [-0.05, 0) is 32.9 Å². The van der Waals surface area contributed by atoms with E-state index in [4.69, 9.17) is 4.74 Å². The maximum absolute atomic E-state index is 11.9. The van der Waals surface area contributed by atoms with E-state index < -0.39 is 5.60 Å². The van der Waals surface area contributed by atoms with Gasteiger partial charge in [0.05, 0.1) is 0 Å². The molecule has 0 atom stereocenters. The lowest BCUT2D eigenvalue weighted by Gasteiger charge is -2.21. The van der Waals surface area contributed by atoms with Gasteiger partial charge in [-0.15, -0.1) is 0 Å². The Bertz CT molecular complexity index is 397. The number of nitrogens with zero attached hydrogens (tertiary/aromatic N) is 2. The summed E-state index contributed by atoms with van der Waals surface area (Å²) in [7, 11) is 3.65. The van der Waals surface area contributed by atoms with Gasteiger partial charge >= 0.3 is 5.97 Å². The zero-order valence-electron chi connectivity index (χ0n) is 10.9. The molecule has 0 unspecified atom stereocenters. The Morgan fingerprint density at radius 1 is 1.41 bits per heavy atom. The van der Waals surface area contributed by atoms with Crippen LogP contribution in [-0.2, 0) is 4.74 Å². The van der Waals surface area contributed by atoms with Crippen LogP contribution in [0.15, 0.2) is 18.3 Å². The quantitative estimate of drug-likeness (QED) is 0.643. The predicted octanol–water partition coefficient (Wildman–Crippen LogP) is 1.93. The number of nitrogens with one attached hydrogen (secondary N) is 1. The van der Waals surface area contributed by atoms with Gasteiger partial charge in [-0.25, -0.2) is 14.8 Å². The Kier molecular flexibility index (Phi) is 4.07. The van der Waals surface area contributed by atoms with Crippen molar-refractivity contribution in [2.24, 2.45) is 0 Å². The highest BCUT2D eigenvalue weighted by molar-refractivity contribution is 5.94. The van der Waals surface area contributed by atoms with Crippen LogP contribution in [0.3, 0.4) is 0 Å². The molecule has 94 valence electrons. The fourth-order valence-corrected chi connectivity index (χ4v) is 1.20. The molecule has 0 aliphatic rings. The third-order valence-corrected chi connectivity index (χ3v) is 1.76. The number of rotatable bonds is 3. The van der Waals surface area contributed by atoms with E-state index in [1.807, 2.05) is 34.9 Å². The van der Waals surface area contributed by atoms with Crippen molar-refractivity contribution in [2.45, 2.75) is 26.4 Å². The van der Waals surface area contributed by atoms with Crippen molar-refractivity contribution in [1.82, 2.24) is 9.99 Å². The highest BCUT2D eigenvalue weighted by Crippen LogP contribution is 2.17. The summed E-state index contributed by atoms with van der Waals surface area (Å²) in [6.45, 7) is 5.50. The van der Waals surface area contributed by atoms with Crippen LogP contribution in [0.4, 0.5) is 5.82 Å². The number of carbonyl (C=O) groups excluding carboxylic acids is 1. The molecule has 1 heterocycles. The average Bonchev–Trinajstić information content (AvgIpc) is 2.14. The second-order valence-electron chi connectivity index (χ2n) is 4.91. The molecular weight excluding hydrogens is 218 g/mol. The van der Waals surface area contributed by atoms with E-state index >= 15 is 0 Å². The molecular formula is C12H19N3O2. The van der Waals surface area contributed by atoms with E-state index in [0.29, 0.717) is 11.4 Å². The molecule has 5 heteroatoms. The summed E-state index contributed by atoms with van der Waals surface area (Å²) in [4.78, 5) is 16.1. The lowest BCUT2D eigenvalue weighted by molar-refractivity contribution is 0.00701. The second-order valence-corrected chi connectivity index (χ2v) is 4.91. The minimum Gasteiger partial charge on any atom is -0.456 e. The summed E-state index contributed by atoms with van der Waals surface area (Å²) in [6, 6.07) is 3.40. The molecule has 0 amide bonds. The maximum Gasteiger partial charge on any atom is 0.342 e. The Labute approximate surface area is 102 Å². The topological polar surface area (TPSA) is 54.5 Å². The second kappa shape index (κ2) is 5.14. The van der Waals surface area contributed by atoms with Crippen LogP contribution in [0.1, 0.15) is 31.1 Å².